The van der Waals surface area contributed by atoms with Gasteiger partial charge in [0.25, 0.3) is 0 Å². The van der Waals surface area contributed by atoms with E-state index in [0.717, 1.165) is 0 Å². The zero-order chi connectivity index (χ0) is 9.90. The van der Waals surface area contributed by atoms with E-state index in [1.54, 1.807) is 25.1 Å². The minimum atomic E-state index is -0.884. The molecule has 0 heterocycles. The van der Waals surface area contributed by atoms with E-state index in [-0.39, 0.29) is 5.75 Å². The number of ether oxygens (including phenoxy) is 2. The summed E-state index contributed by atoms with van der Waals surface area (Å²) in [5.41, 5.74) is 0.625. The monoisotopic (exact) mass is 182 g/mol. The van der Waals surface area contributed by atoms with Crippen LogP contribution in [-0.4, -0.2) is 19.3 Å². The number of hydrogen-bond donors (Lipinski definition) is 1. The maximum atomic E-state index is 9.55. The second-order valence-electron chi connectivity index (χ2n) is 2.87. The van der Waals surface area contributed by atoms with Gasteiger partial charge in [0.2, 0.25) is 0 Å². The van der Waals surface area contributed by atoms with Gasteiger partial charge in [-0.1, -0.05) is 12.1 Å². The molecule has 0 aliphatic heterocycles. The van der Waals surface area contributed by atoms with Crippen molar-refractivity contribution in [2.45, 2.75) is 12.7 Å². The van der Waals surface area contributed by atoms with E-state index in [1.807, 2.05) is 6.07 Å². The molecular formula is C10H14O3. The highest BCUT2D eigenvalue weighted by Gasteiger charge is 2.28. The first-order valence-electron chi connectivity index (χ1n) is 4.03. The maximum Gasteiger partial charge on any atom is 0.194 e. The lowest BCUT2D eigenvalue weighted by Crippen LogP contribution is -2.26. The Balaban J connectivity index is 3.12. The summed E-state index contributed by atoms with van der Waals surface area (Å²) in [6, 6.07) is 6.95. The molecule has 0 amide bonds. The third-order valence-corrected chi connectivity index (χ3v) is 2.17. The van der Waals surface area contributed by atoms with Crippen LogP contribution in [0.2, 0.25) is 0 Å². The predicted molar refractivity (Wildman–Crippen MR) is 49.5 cm³/mol. The van der Waals surface area contributed by atoms with Gasteiger partial charge in [-0.2, -0.15) is 0 Å². The SMILES string of the molecule is COC(C)(OC)c1ccccc1O. The smallest absolute Gasteiger partial charge is 0.194 e. The van der Waals surface area contributed by atoms with Crippen LogP contribution in [-0.2, 0) is 15.3 Å². The van der Waals surface area contributed by atoms with E-state index < -0.39 is 5.79 Å². The fourth-order valence-electron chi connectivity index (χ4n) is 1.16. The Hall–Kier alpha value is -1.06. The second-order valence-corrected chi connectivity index (χ2v) is 2.87. The van der Waals surface area contributed by atoms with Crippen LogP contribution in [0.3, 0.4) is 0 Å². The van der Waals surface area contributed by atoms with Gasteiger partial charge in [0.05, 0.1) is 5.56 Å². The van der Waals surface area contributed by atoms with Crippen molar-refractivity contribution in [2.24, 2.45) is 0 Å². The lowest BCUT2D eigenvalue weighted by molar-refractivity contribution is -0.202. The Morgan fingerprint density at radius 3 is 2.15 bits per heavy atom. The van der Waals surface area contributed by atoms with Crippen molar-refractivity contribution in [1.29, 1.82) is 0 Å². The first-order chi connectivity index (χ1) is 6.14. The summed E-state index contributed by atoms with van der Waals surface area (Å²) in [7, 11) is 3.08. The molecule has 0 bridgehead atoms. The Kier molecular flexibility index (Phi) is 2.90. The molecule has 1 aromatic carbocycles. The fourth-order valence-corrected chi connectivity index (χ4v) is 1.16. The molecule has 1 aromatic rings. The molecule has 72 valence electrons. The van der Waals surface area contributed by atoms with Crippen molar-refractivity contribution < 1.29 is 14.6 Å². The van der Waals surface area contributed by atoms with Crippen molar-refractivity contribution in [1.82, 2.24) is 0 Å². The molecule has 0 fully saturated rings. The Morgan fingerprint density at radius 2 is 1.69 bits per heavy atom. The summed E-state index contributed by atoms with van der Waals surface area (Å²) < 4.78 is 10.3. The van der Waals surface area contributed by atoms with E-state index in [9.17, 15) is 5.11 Å². The van der Waals surface area contributed by atoms with Crippen LogP contribution in [0.15, 0.2) is 24.3 Å². The van der Waals surface area contributed by atoms with Gasteiger partial charge in [-0.3, -0.25) is 0 Å². The molecule has 3 nitrogen and oxygen atoms in total. The van der Waals surface area contributed by atoms with E-state index in [4.69, 9.17) is 9.47 Å². The number of benzene rings is 1. The molecule has 0 aromatic heterocycles. The normalized spacial score (nSPS) is 11.6. The van der Waals surface area contributed by atoms with Crippen LogP contribution < -0.4 is 0 Å². The molecule has 0 aliphatic carbocycles. The largest absolute Gasteiger partial charge is 0.507 e. The number of para-hydroxylation sites is 1. The van der Waals surface area contributed by atoms with Crippen LogP contribution in [0.5, 0.6) is 5.75 Å². The summed E-state index contributed by atoms with van der Waals surface area (Å²) in [5, 5.41) is 9.55. The second kappa shape index (κ2) is 3.77. The number of aromatic hydroxyl groups is 1. The Bertz CT molecular complexity index is 279. The van der Waals surface area contributed by atoms with Gasteiger partial charge >= 0.3 is 0 Å². The van der Waals surface area contributed by atoms with Crippen molar-refractivity contribution in [3.8, 4) is 5.75 Å². The highest BCUT2D eigenvalue weighted by Crippen LogP contribution is 2.31. The van der Waals surface area contributed by atoms with E-state index in [0.29, 0.717) is 5.56 Å². The third-order valence-electron chi connectivity index (χ3n) is 2.17. The van der Waals surface area contributed by atoms with Crippen molar-refractivity contribution in [2.75, 3.05) is 14.2 Å². The fraction of sp³-hybridized carbons (Fsp3) is 0.400. The Morgan fingerprint density at radius 1 is 1.15 bits per heavy atom. The average molecular weight is 182 g/mol. The molecular weight excluding hydrogens is 168 g/mol. The Labute approximate surface area is 77.9 Å². The van der Waals surface area contributed by atoms with Gasteiger partial charge in [-0.05, 0) is 19.1 Å². The lowest BCUT2D eigenvalue weighted by atomic mass is 10.1. The zero-order valence-electron chi connectivity index (χ0n) is 8.07. The number of hydrogen-bond acceptors (Lipinski definition) is 3. The highest BCUT2D eigenvalue weighted by molar-refractivity contribution is 5.35. The van der Waals surface area contributed by atoms with Crippen molar-refractivity contribution in [3.63, 3.8) is 0 Å². The molecule has 3 heteroatoms. The van der Waals surface area contributed by atoms with Gasteiger partial charge in [0.1, 0.15) is 5.75 Å². The molecule has 13 heavy (non-hydrogen) atoms. The van der Waals surface area contributed by atoms with E-state index in [1.165, 1.54) is 14.2 Å². The van der Waals surface area contributed by atoms with Crippen LogP contribution in [0.25, 0.3) is 0 Å². The minimum Gasteiger partial charge on any atom is -0.507 e. The van der Waals surface area contributed by atoms with E-state index in [2.05, 4.69) is 0 Å². The summed E-state index contributed by atoms with van der Waals surface area (Å²) in [4.78, 5) is 0. The summed E-state index contributed by atoms with van der Waals surface area (Å²) in [6.45, 7) is 1.75. The average Bonchev–Trinajstić information content (AvgIpc) is 2.17. The molecule has 0 saturated heterocycles. The first kappa shape index (κ1) is 10.0. The standard InChI is InChI=1S/C10H14O3/c1-10(12-2,13-3)8-6-4-5-7-9(8)11/h4-7,11H,1-3H3. The molecule has 0 unspecified atom stereocenters. The van der Waals surface area contributed by atoms with Gasteiger partial charge < -0.3 is 14.6 Å². The number of phenolic OH excluding ortho intramolecular Hbond substituents is 1. The first-order valence-corrected chi connectivity index (χ1v) is 4.03. The molecule has 1 N–H and O–H groups in total. The highest BCUT2D eigenvalue weighted by atomic mass is 16.7. The van der Waals surface area contributed by atoms with Gasteiger partial charge in [-0.25, -0.2) is 0 Å². The van der Waals surface area contributed by atoms with Crippen molar-refractivity contribution in [3.05, 3.63) is 29.8 Å². The summed E-state index contributed by atoms with van der Waals surface area (Å²) >= 11 is 0. The van der Waals surface area contributed by atoms with Crippen molar-refractivity contribution >= 4 is 0 Å². The van der Waals surface area contributed by atoms with E-state index >= 15 is 0 Å². The maximum absolute atomic E-state index is 9.55. The molecule has 0 saturated carbocycles. The molecule has 1 rings (SSSR count). The van der Waals surface area contributed by atoms with Crippen LogP contribution in [0.4, 0.5) is 0 Å². The zero-order valence-corrected chi connectivity index (χ0v) is 8.07. The minimum absolute atomic E-state index is 0.175. The molecule has 0 atom stereocenters. The lowest BCUT2D eigenvalue weighted by Gasteiger charge is -2.27. The van der Waals surface area contributed by atoms with Crippen LogP contribution in [0.1, 0.15) is 12.5 Å². The van der Waals surface area contributed by atoms with Gasteiger partial charge in [-0.15, -0.1) is 0 Å². The topological polar surface area (TPSA) is 38.7 Å². The third kappa shape index (κ3) is 1.82. The number of phenols is 1. The number of methoxy groups -OCH3 is 2. The summed E-state index contributed by atoms with van der Waals surface area (Å²) in [5.74, 6) is -0.709. The van der Waals surface area contributed by atoms with Crippen LogP contribution in [0, 0.1) is 0 Å². The van der Waals surface area contributed by atoms with Gasteiger partial charge in [0.15, 0.2) is 5.79 Å². The predicted octanol–water partition coefficient (Wildman–Crippen LogP) is 1.86. The molecule has 0 radical (unpaired) electrons. The summed E-state index contributed by atoms with van der Waals surface area (Å²) in [6.07, 6.45) is 0. The molecule has 0 aliphatic rings. The number of rotatable bonds is 3. The van der Waals surface area contributed by atoms with Gasteiger partial charge in [0, 0.05) is 14.2 Å². The quantitative estimate of drug-likeness (QED) is 0.725. The molecule has 0 spiro atoms. The van der Waals surface area contributed by atoms with Crippen LogP contribution >= 0.6 is 0 Å².